The number of nitrogens with zero attached hydrogens (tertiary/aromatic N) is 1. The van der Waals surface area contributed by atoms with E-state index in [1.165, 1.54) is 0 Å². The van der Waals surface area contributed by atoms with Gasteiger partial charge in [-0.1, -0.05) is 6.58 Å². The lowest BCUT2D eigenvalue weighted by Crippen LogP contribution is -2.57. The molecule has 0 aliphatic heterocycles. The Bertz CT molecular complexity index is 267. The van der Waals surface area contributed by atoms with Crippen molar-refractivity contribution in [3.05, 3.63) is 12.2 Å². The van der Waals surface area contributed by atoms with Crippen LogP contribution in [0.4, 0.5) is 0 Å². The molecule has 0 bridgehead atoms. The maximum absolute atomic E-state index is 11.0. The van der Waals surface area contributed by atoms with Crippen LogP contribution in [0.25, 0.3) is 0 Å². The topological polar surface area (TPSA) is 40.5 Å². The molecule has 0 heterocycles. The minimum absolute atomic E-state index is 0.101. The van der Waals surface area contributed by atoms with Crippen molar-refractivity contribution in [2.75, 3.05) is 0 Å². The summed E-state index contributed by atoms with van der Waals surface area (Å²) in [5.41, 5.74) is 0.0383. The van der Waals surface area contributed by atoms with Crippen molar-refractivity contribution in [3.63, 3.8) is 0 Å². The summed E-state index contributed by atoms with van der Waals surface area (Å²) in [5.74, 6) is -0.925. The third-order valence-electron chi connectivity index (χ3n) is 2.61. The van der Waals surface area contributed by atoms with Crippen LogP contribution in [0.15, 0.2) is 12.2 Å². The number of carboxylic acid groups (broad SMARTS) is 1. The van der Waals surface area contributed by atoms with Crippen LogP contribution in [0, 0.1) is 0 Å². The fraction of sp³-hybridized carbons (Fsp3) is 0.769. The molecule has 0 fully saturated rings. The van der Waals surface area contributed by atoms with Gasteiger partial charge in [-0.05, 0) is 48.5 Å². The highest BCUT2D eigenvalue weighted by Gasteiger charge is 2.37. The summed E-state index contributed by atoms with van der Waals surface area (Å²) < 4.78 is 0. The quantitative estimate of drug-likeness (QED) is 0.754. The van der Waals surface area contributed by atoms with Gasteiger partial charge in [0.1, 0.15) is 0 Å². The SMILES string of the molecule is C=C(C(=O)O)C(C)N(C(C)(C)C)C(C)(C)C. The zero-order chi connectivity index (χ0) is 13.3. The predicted molar refractivity (Wildman–Crippen MR) is 67.6 cm³/mol. The highest BCUT2D eigenvalue weighted by molar-refractivity contribution is 5.87. The van der Waals surface area contributed by atoms with Gasteiger partial charge in [-0.3, -0.25) is 4.90 Å². The van der Waals surface area contributed by atoms with Crippen LogP contribution in [0.5, 0.6) is 0 Å². The standard InChI is InChI=1S/C13H25NO2/c1-9(11(15)16)10(2)14(12(3,4)5)13(6,7)8/h10H,1H2,2-8H3,(H,15,16). The first-order valence-electron chi connectivity index (χ1n) is 5.60. The molecule has 0 aromatic carbocycles. The van der Waals surface area contributed by atoms with E-state index in [0.717, 1.165) is 0 Å². The molecule has 94 valence electrons. The minimum Gasteiger partial charge on any atom is -0.478 e. The van der Waals surface area contributed by atoms with Gasteiger partial charge < -0.3 is 5.11 Å². The molecule has 0 rings (SSSR count). The Morgan fingerprint density at radius 3 is 1.62 bits per heavy atom. The molecule has 0 aliphatic rings. The van der Waals surface area contributed by atoms with Crippen LogP contribution in [0.1, 0.15) is 48.5 Å². The van der Waals surface area contributed by atoms with Crippen molar-refractivity contribution in [3.8, 4) is 0 Å². The molecule has 3 nitrogen and oxygen atoms in total. The van der Waals surface area contributed by atoms with Gasteiger partial charge >= 0.3 is 5.97 Å². The molecule has 0 radical (unpaired) electrons. The Balaban J connectivity index is 5.24. The third-order valence-corrected chi connectivity index (χ3v) is 2.61. The Labute approximate surface area is 99.1 Å². The number of rotatable bonds is 3. The molecule has 3 heteroatoms. The van der Waals surface area contributed by atoms with Crippen LogP contribution in [0.2, 0.25) is 0 Å². The first-order valence-corrected chi connectivity index (χ1v) is 5.60. The smallest absolute Gasteiger partial charge is 0.332 e. The summed E-state index contributed by atoms with van der Waals surface area (Å²) in [6.45, 7) is 18.1. The maximum Gasteiger partial charge on any atom is 0.332 e. The molecule has 0 saturated carbocycles. The maximum atomic E-state index is 11.0. The Morgan fingerprint density at radius 1 is 1.12 bits per heavy atom. The molecule has 1 unspecified atom stereocenters. The Hall–Kier alpha value is -0.830. The lowest BCUT2D eigenvalue weighted by atomic mass is 9.91. The lowest BCUT2D eigenvalue weighted by Gasteiger charge is -2.49. The van der Waals surface area contributed by atoms with Crippen molar-refractivity contribution in [1.82, 2.24) is 4.90 Å². The fourth-order valence-electron chi connectivity index (χ4n) is 2.50. The van der Waals surface area contributed by atoms with Crippen molar-refractivity contribution in [2.45, 2.75) is 65.6 Å². The highest BCUT2D eigenvalue weighted by atomic mass is 16.4. The second kappa shape index (κ2) is 4.58. The number of aliphatic carboxylic acids is 1. The molecular formula is C13H25NO2. The monoisotopic (exact) mass is 227 g/mol. The van der Waals surface area contributed by atoms with E-state index in [1.54, 1.807) is 0 Å². The zero-order valence-corrected chi connectivity index (χ0v) is 11.6. The average molecular weight is 227 g/mol. The molecule has 0 aromatic heterocycles. The fourth-order valence-corrected chi connectivity index (χ4v) is 2.50. The van der Waals surface area contributed by atoms with Gasteiger partial charge in [0, 0.05) is 22.7 Å². The van der Waals surface area contributed by atoms with E-state index in [2.05, 4.69) is 53.0 Å². The van der Waals surface area contributed by atoms with E-state index in [4.69, 9.17) is 5.11 Å². The first-order chi connectivity index (χ1) is 6.89. The van der Waals surface area contributed by atoms with Crippen molar-refractivity contribution in [1.29, 1.82) is 0 Å². The van der Waals surface area contributed by atoms with Crippen LogP contribution in [0.3, 0.4) is 0 Å². The van der Waals surface area contributed by atoms with E-state index in [0.29, 0.717) is 0 Å². The summed E-state index contributed by atoms with van der Waals surface area (Å²) in [7, 11) is 0. The molecular weight excluding hydrogens is 202 g/mol. The van der Waals surface area contributed by atoms with Crippen LogP contribution in [-0.4, -0.2) is 33.1 Å². The zero-order valence-electron chi connectivity index (χ0n) is 11.6. The second-order valence-corrected chi connectivity index (χ2v) is 6.22. The molecule has 0 spiro atoms. The molecule has 0 aromatic rings. The van der Waals surface area contributed by atoms with Gasteiger partial charge in [-0.25, -0.2) is 4.79 Å². The van der Waals surface area contributed by atoms with E-state index in [1.807, 2.05) is 6.92 Å². The molecule has 1 atom stereocenters. The van der Waals surface area contributed by atoms with E-state index in [9.17, 15) is 4.79 Å². The van der Waals surface area contributed by atoms with E-state index >= 15 is 0 Å². The van der Waals surface area contributed by atoms with Gasteiger partial charge in [0.25, 0.3) is 0 Å². The molecule has 1 N–H and O–H groups in total. The van der Waals surface area contributed by atoms with Crippen LogP contribution < -0.4 is 0 Å². The predicted octanol–water partition coefficient (Wildman–Crippen LogP) is 2.91. The Morgan fingerprint density at radius 2 is 1.44 bits per heavy atom. The first kappa shape index (κ1) is 15.2. The molecule has 0 saturated heterocycles. The van der Waals surface area contributed by atoms with Crippen LogP contribution in [-0.2, 0) is 4.79 Å². The molecule has 0 aliphatic carbocycles. The van der Waals surface area contributed by atoms with E-state index < -0.39 is 5.97 Å². The van der Waals surface area contributed by atoms with Gasteiger partial charge in [-0.15, -0.1) is 0 Å². The van der Waals surface area contributed by atoms with Gasteiger partial charge in [0.05, 0.1) is 0 Å². The van der Waals surface area contributed by atoms with Gasteiger partial charge in [0.15, 0.2) is 0 Å². The van der Waals surface area contributed by atoms with E-state index in [-0.39, 0.29) is 22.7 Å². The number of hydrogen-bond donors (Lipinski definition) is 1. The molecule has 16 heavy (non-hydrogen) atoms. The number of hydrogen-bond acceptors (Lipinski definition) is 2. The summed E-state index contributed by atoms with van der Waals surface area (Å²) in [4.78, 5) is 13.1. The highest BCUT2D eigenvalue weighted by Crippen LogP contribution is 2.29. The summed E-state index contributed by atoms with van der Waals surface area (Å²) >= 11 is 0. The summed E-state index contributed by atoms with van der Waals surface area (Å²) in [6.07, 6.45) is 0. The van der Waals surface area contributed by atoms with Crippen molar-refractivity contribution in [2.24, 2.45) is 0 Å². The van der Waals surface area contributed by atoms with Crippen molar-refractivity contribution >= 4 is 5.97 Å². The van der Waals surface area contributed by atoms with Crippen molar-refractivity contribution < 1.29 is 9.90 Å². The number of carboxylic acids is 1. The third kappa shape index (κ3) is 3.63. The second-order valence-electron chi connectivity index (χ2n) is 6.22. The van der Waals surface area contributed by atoms with Gasteiger partial charge in [0.2, 0.25) is 0 Å². The largest absolute Gasteiger partial charge is 0.478 e. The lowest BCUT2D eigenvalue weighted by molar-refractivity contribution is -0.133. The number of carbonyl (C=O) groups is 1. The summed E-state index contributed by atoms with van der Waals surface area (Å²) in [6, 6.07) is -0.183. The van der Waals surface area contributed by atoms with Gasteiger partial charge in [-0.2, -0.15) is 0 Å². The van der Waals surface area contributed by atoms with Crippen LogP contribution >= 0.6 is 0 Å². The average Bonchev–Trinajstić information content (AvgIpc) is 1.96. The normalized spacial score (nSPS) is 15.0. The minimum atomic E-state index is -0.925. The Kier molecular flexibility index (Phi) is 4.34. The summed E-state index contributed by atoms with van der Waals surface area (Å²) in [5, 5.41) is 9.01. The molecule has 0 amide bonds.